The van der Waals surface area contributed by atoms with Gasteiger partial charge in [-0.1, -0.05) is 48.5 Å². The van der Waals surface area contributed by atoms with Gasteiger partial charge in [-0.3, -0.25) is 4.40 Å². The van der Waals surface area contributed by atoms with E-state index in [-0.39, 0.29) is 17.6 Å². The molecule has 9 heteroatoms. The zero-order valence-electron chi connectivity index (χ0n) is 21.2. The molecule has 1 atom stereocenters. The molecule has 3 aromatic heterocycles. The first-order valence-electron chi connectivity index (χ1n) is 12.4. The van der Waals surface area contributed by atoms with E-state index in [1.165, 1.54) is 6.20 Å². The third kappa shape index (κ3) is 5.60. The van der Waals surface area contributed by atoms with Crippen molar-refractivity contribution in [1.82, 2.24) is 19.4 Å². The van der Waals surface area contributed by atoms with Crippen LogP contribution >= 0.6 is 0 Å². The Bertz CT molecular complexity index is 1640. The van der Waals surface area contributed by atoms with Crippen LogP contribution in [0.2, 0.25) is 0 Å². The van der Waals surface area contributed by atoms with Crippen molar-refractivity contribution in [2.45, 2.75) is 26.1 Å². The van der Waals surface area contributed by atoms with Crippen LogP contribution in [-0.4, -0.2) is 31.9 Å². The fourth-order valence-corrected chi connectivity index (χ4v) is 4.25. The summed E-state index contributed by atoms with van der Waals surface area (Å²) < 4.78 is 20.5. The van der Waals surface area contributed by atoms with Gasteiger partial charge in [0.05, 0.1) is 41.9 Å². The topological polar surface area (TPSA) is 105 Å². The number of esters is 1. The predicted molar refractivity (Wildman–Crippen MR) is 145 cm³/mol. The normalized spacial score (nSPS) is 11.6. The van der Waals surface area contributed by atoms with Gasteiger partial charge in [0.15, 0.2) is 0 Å². The minimum Gasteiger partial charge on any atom is -0.462 e. The number of fused-ring (bicyclic) bond motifs is 1. The lowest BCUT2D eigenvalue weighted by Crippen LogP contribution is -2.11. The number of alkyl halides is 1. The van der Waals surface area contributed by atoms with E-state index >= 15 is 0 Å². The molecule has 8 nitrogen and oxygen atoms in total. The fraction of sp³-hybridized carbons (Fsp3) is 0.167. The van der Waals surface area contributed by atoms with Crippen molar-refractivity contribution >= 4 is 17.6 Å². The quantitative estimate of drug-likeness (QED) is 0.248. The summed E-state index contributed by atoms with van der Waals surface area (Å²) in [7, 11) is 0. The molecule has 0 aliphatic rings. The summed E-state index contributed by atoms with van der Waals surface area (Å²) in [6.45, 7) is 1.64. The molecular weight excluding hydrogens is 495 g/mol. The predicted octanol–water partition coefficient (Wildman–Crippen LogP) is 5.71. The molecule has 0 aliphatic heterocycles. The van der Waals surface area contributed by atoms with Gasteiger partial charge in [-0.25, -0.2) is 24.1 Å². The Balaban J connectivity index is 1.26. The van der Waals surface area contributed by atoms with E-state index in [1.54, 1.807) is 53.2 Å². The summed E-state index contributed by atoms with van der Waals surface area (Å²) in [5, 5.41) is 12.9. The van der Waals surface area contributed by atoms with Gasteiger partial charge in [0.1, 0.15) is 24.1 Å². The second kappa shape index (κ2) is 11.5. The minimum absolute atomic E-state index is 0.129. The van der Waals surface area contributed by atoms with Gasteiger partial charge in [0, 0.05) is 18.2 Å². The number of nitrogens with zero attached hydrogens (tertiary/aromatic N) is 5. The van der Waals surface area contributed by atoms with E-state index in [0.717, 1.165) is 11.1 Å². The van der Waals surface area contributed by atoms with Crippen LogP contribution in [-0.2, 0) is 17.8 Å². The SMILES string of the molecule is C[C@H](Nc1ncc(C#N)c(-c2cnc3c(CF)cccn23)n1)c1ccc(CCOC(=O)c2ccccc2)cc1. The Morgan fingerprint density at radius 2 is 1.87 bits per heavy atom. The number of carbonyl (C=O) groups excluding carboxylic acids is 1. The number of anilines is 1. The van der Waals surface area contributed by atoms with Crippen LogP contribution in [0.15, 0.2) is 85.3 Å². The molecule has 5 aromatic rings. The number of nitrogens with one attached hydrogen (secondary N) is 1. The van der Waals surface area contributed by atoms with Crippen molar-refractivity contribution in [3.05, 3.63) is 113 Å². The average Bonchev–Trinajstić information content (AvgIpc) is 3.42. The van der Waals surface area contributed by atoms with E-state index < -0.39 is 6.67 Å². The molecule has 2 aromatic carbocycles. The molecule has 39 heavy (non-hydrogen) atoms. The summed E-state index contributed by atoms with van der Waals surface area (Å²) in [5.41, 5.74) is 4.81. The molecule has 1 N–H and O–H groups in total. The van der Waals surface area contributed by atoms with Crippen LogP contribution in [0, 0.1) is 11.3 Å². The number of rotatable bonds is 9. The zero-order chi connectivity index (χ0) is 27.2. The molecule has 0 radical (unpaired) electrons. The van der Waals surface area contributed by atoms with Crippen molar-refractivity contribution in [3.63, 3.8) is 0 Å². The lowest BCUT2D eigenvalue weighted by Gasteiger charge is -2.16. The van der Waals surface area contributed by atoms with Crippen molar-refractivity contribution in [3.8, 4) is 17.5 Å². The molecule has 3 heterocycles. The molecule has 194 valence electrons. The first kappa shape index (κ1) is 25.5. The number of ether oxygens (including phenoxy) is 1. The van der Waals surface area contributed by atoms with Crippen molar-refractivity contribution in [2.24, 2.45) is 0 Å². The number of hydrogen-bond acceptors (Lipinski definition) is 7. The van der Waals surface area contributed by atoms with Gasteiger partial charge in [-0.15, -0.1) is 0 Å². The number of hydrogen-bond donors (Lipinski definition) is 1. The van der Waals surface area contributed by atoms with Crippen LogP contribution in [0.4, 0.5) is 10.3 Å². The fourth-order valence-electron chi connectivity index (χ4n) is 4.25. The van der Waals surface area contributed by atoms with Crippen LogP contribution in [0.1, 0.15) is 45.6 Å². The molecule has 0 unspecified atom stereocenters. The van der Waals surface area contributed by atoms with E-state index in [0.29, 0.717) is 47.1 Å². The highest BCUT2D eigenvalue weighted by Gasteiger charge is 2.17. The summed E-state index contributed by atoms with van der Waals surface area (Å²) >= 11 is 0. The number of pyridine rings is 1. The van der Waals surface area contributed by atoms with Crippen molar-refractivity contribution in [2.75, 3.05) is 11.9 Å². The smallest absolute Gasteiger partial charge is 0.338 e. The third-order valence-corrected chi connectivity index (χ3v) is 6.37. The minimum atomic E-state index is -0.641. The maximum atomic E-state index is 13.4. The van der Waals surface area contributed by atoms with Crippen LogP contribution in [0.5, 0.6) is 0 Å². The second-order valence-corrected chi connectivity index (χ2v) is 8.93. The van der Waals surface area contributed by atoms with Crippen molar-refractivity contribution in [1.29, 1.82) is 5.26 Å². The van der Waals surface area contributed by atoms with E-state index in [2.05, 4.69) is 26.3 Å². The zero-order valence-corrected chi connectivity index (χ0v) is 21.2. The van der Waals surface area contributed by atoms with Crippen LogP contribution in [0.25, 0.3) is 17.0 Å². The number of carbonyl (C=O) groups is 1. The molecule has 0 saturated carbocycles. The van der Waals surface area contributed by atoms with Gasteiger partial charge < -0.3 is 10.1 Å². The molecular formula is C30H25FN6O2. The second-order valence-electron chi connectivity index (χ2n) is 8.93. The number of benzene rings is 2. The molecule has 0 fully saturated rings. The molecule has 0 saturated heterocycles. The molecule has 5 rings (SSSR count). The molecule has 0 spiro atoms. The summed E-state index contributed by atoms with van der Waals surface area (Å²) in [6.07, 6.45) is 5.42. The first-order valence-corrected chi connectivity index (χ1v) is 12.4. The maximum absolute atomic E-state index is 13.4. The maximum Gasteiger partial charge on any atom is 0.338 e. The van der Waals surface area contributed by atoms with Gasteiger partial charge >= 0.3 is 5.97 Å². The van der Waals surface area contributed by atoms with Crippen LogP contribution < -0.4 is 5.32 Å². The van der Waals surface area contributed by atoms with E-state index in [9.17, 15) is 14.4 Å². The summed E-state index contributed by atoms with van der Waals surface area (Å²) in [4.78, 5) is 25.4. The summed E-state index contributed by atoms with van der Waals surface area (Å²) in [5.74, 6) is 0.0172. The lowest BCUT2D eigenvalue weighted by molar-refractivity contribution is 0.0509. The molecule has 0 aliphatic carbocycles. The standard InChI is InChI=1S/C30H25FN6O2/c1-20(22-11-9-21(10-12-22)13-15-39-29(38)23-6-3-2-4-7-23)35-30-34-18-25(17-32)27(36-30)26-19-33-28-24(16-31)8-5-14-37(26)28/h2-12,14,18-20H,13,15-16H2,1H3,(H,34,35,36)/t20-/m0/s1. The summed E-state index contributed by atoms with van der Waals surface area (Å²) in [6, 6.07) is 22.3. The molecule has 0 bridgehead atoms. The number of aromatic nitrogens is 4. The van der Waals surface area contributed by atoms with Gasteiger partial charge in [-0.2, -0.15) is 5.26 Å². The number of halogens is 1. The lowest BCUT2D eigenvalue weighted by atomic mass is 10.0. The Kier molecular flexibility index (Phi) is 7.55. The van der Waals surface area contributed by atoms with E-state index in [4.69, 9.17) is 4.74 Å². The first-order chi connectivity index (χ1) is 19.1. The highest BCUT2D eigenvalue weighted by atomic mass is 19.1. The number of nitriles is 1. The number of imidazole rings is 1. The molecule has 0 amide bonds. The van der Waals surface area contributed by atoms with Crippen LogP contribution in [0.3, 0.4) is 0 Å². The van der Waals surface area contributed by atoms with Gasteiger partial charge in [0.2, 0.25) is 5.95 Å². The average molecular weight is 521 g/mol. The largest absolute Gasteiger partial charge is 0.462 e. The highest BCUT2D eigenvalue weighted by Crippen LogP contribution is 2.26. The Morgan fingerprint density at radius 1 is 1.08 bits per heavy atom. The Morgan fingerprint density at radius 3 is 2.62 bits per heavy atom. The van der Waals surface area contributed by atoms with Crippen molar-refractivity contribution < 1.29 is 13.9 Å². The Labute approximate surface area is 224 Å². The highest BCUT2D eigenvalue weighted by molar-refractivity contribution is 5.89. The Hall–Kier alpha value is -5.10. The third-order valence-electron chi connectivity index (χ3n) is 6.37. The monoisotopic (exact) mass is 520 g/mol. The van der Waals surface area contributed by atoms with Gasteiger partial charge in [-0.05, 0) is 36.2 Å². The van der Waals surface area contributed by atoms with E-state index in [1.807, 2.05) is 37.3 Å². The van der Waals surface area contributed by atoms with Gasteiger partial charge in [0.25, 0.3) is 0 Å².